The van der Waals surface area contributed by atoms with Gasteiger partial charge in [-0.3, -0.25) is 9.98 Å². The fourth-order valence-electron chi connectivity index (χ4n) is 5.04. The van der Waals surface area contributed by atoms with Crippen LogP contribution in [0.5, 0.6) is 0 Å². The molecule has 0 spiro atoms. The second kappa shape index (κ2) is 6.60. The van der Waals surface area contributed by atoms with Crippen LogP contribution in [-0.2, 0) is 0 Å². The van der Waals surface area contributed by atoms with Crippen molar-refractivity contribution in [2.45, 2.75) is 43.2 Å². The Hall–Kier alpha value is -0.300. The van der Waals surface area contributed by atoms with Gasteiger partial charge >= 0.3 is 0 Å². The van der Waals surface area contributed by atoms with Gasteiger partial charge in [0.25, 0.3) is 0 Å². The molecule has 2 aromatic carbocycles. The van der Waals surface area contributed by atoms with Gasteiger partial charge in [0.2, 0.25) is 0 Å². The number of hydrogen-bond donors (Lipinski definition) is 0. The molecule has 0 saturated heterocycles. The summed E-state index contributed by atoms with van der Waals surface area (Å²) in [5, 5.41) is 0. The van der Waals surface area contributed by atoms with Gasteiger partial charge in [0, 0.05) is 0 Å². The first-order valence-corrected chi connectivity index (χ1v) is 12.6. The Morgan fingerprint density at radius 1 is 0.571 bits per heavy atom. The number of hydrogen-bond acceptors (Lipinski definition) is 2. The minimum atomic E-state index is -0.530. The van der Waals surface area contributed by atoms with Gasteiger partial charge < -0.3 is 0 Å². The summed E-state index contributed by atoms with van der Waals surface area (Å²) < 4.78 is -1.06. The fraction of sp³-hybridized carbons (Fsp3) is 0.364. The van der Waals surface area contributed by atoms with Crippen LogP contribution in [0.3, 0.4) is 0 Å². The molecule has 3 aliphatic rings. The number of halogens is 4. The van der Waals surface area contributed by atoms with Crippen molar-refractivity contribution in [1.29, 1.82) is 0 Å². The monoisotopic (exact) mass is 626 g/mol. The average molecular weight is 630 g/mol. The average Bonchev–Trinajstić information content (AvgIpc) is 3.06. The Balaban J connectivity index is 1.77. The van der Waals surface area contributed by atoms with Gasteiger partial charge in [-0.25, -0.2) is 0 Å². The van der Waals surface area contributed by atoms with Gasteiger partial charge in [0.1, 0.15) is 17.5 Å². The van der Waals surface area contributed by atoms with Crippen LogP contribution in [0.15, 0.2) is 70.6 Å². The minimum absolute atomic E-state index is 0.415. The molecule has 144 valence electrons. The van der Waals surface area contributed by atoms with Gasteiger partial charge in [-0.1, -0.05) is 137 Å². The van der Waals surface area contributed by atoms with Crippen molar-refractivity contribution in [3.05, 3.63) is 71.8 Å². The molecule has 28 heavy (non-hydrogen) atoms. The number of rotatable bonds is 2. The van der Waals surface area contributed by atoms with E-state index in [0.717, 1.165) is 48.2 Å². The third kappa shape index (κ3) is 2.35. The van der Waals surface area contributed by atoms with E-state index in [1.165, 1.54) is 0 Å². The van der Waals surface area contributed by atoms with Crippen LogP contribution in [0.1, 0.15) is 36.8 Å². The highest BCUT2D eigenvalue weighted by Gasteiger charge is 2.79. The third-order valence-corrected chi connectivity index (χ3v) is 10.5. The molecule has 6 heteroatoms. The van der Waals surface area contributed by atoms with E-state index in [4.69, 9.17) is 9.98 Å². The van der Waals surface area contributed by atoms with Crippen LogP contribution in [0.4, 0.5) is 0 Å². The molecule has 2 aliphatic heterocycles. The summed E-state index contributed by atoms with van der Waals surface area (Å²) in [6.07, 6.45) is 4.22. The number of aliphatic imine (C=N–C) groups is 2. The molecule has 1 fully saturated rings. The van der Waals surface area contributed by atoms with Crippen LogP contribution in [0, 0.1) is 0 Å². The standard InChI is InChI=1S/C22H18Br4N2/c23-21(24)17(15-9-3-1-4-10-15)27-20-14-8-7-13-19(20,21)28-18(22(20,25)26)16-11-5-2-6-12-16/h1-6,9-12H,7-8,13-14H2/t19-,20-/m0/s1. The molecule has 1 saturated carbocycles. The zero-order valence-electron chi connectivity index (χ0n) is 15.0. The highest BCUT2D eigenvalue weighted by atomic mass is 79.9. The molecule has 2 atom stereocenters. The molecule has 0 bridgehead atoms. The van der Waals surface area contributed by atoms with E-state index >= 15 is 0 Å². The van der Waals surface area contributed by atoms with Crippen molar-refractivity contribution in [2.75, 3.05) is 0 Å². The Labute approximate surface area is 198 Å². The van der Waals surface area contributed by atoms with Gasteiger partial charge in [-0.15, -0.1) is 0 Å². The van der Waals surface area contributed by atoms with Crippen LogP contribution >= 0.6 is 63.7 Å². The molecular weight excluding hydrogens is 612 g/mol. The van der Waals surface area contributed by atoms with Gasteiger partial charge in [0.15, 0.2) is 0 Å². The van der Waals surface area contributed by atoms with Crippen LogP contribution in [0.2, 0.25) is 0 Å². The van der Waals surface area contributed by atoms with Crippen molar-refractivity contribution in [3.8, 4) is 0 Å². The van der Waals surface area contributed by atoms with Crippen LogP contribution < -0.4 is 0 Å². The van der Waals surface area contributed by atoms with E-state index in [0.29, 0.717) is 0 Å². The summed E-state index contributed by atoms with van der Waals surface area (Å²) in [5.74, 6) is 0. The smallest absolute Gasteiger partial charge is 0.150 e. The number of alkyl halides is 4. The quantitative estimate of drug-likeness (QED) is 0.319. The lowest BCUT2D eigenvalue weighted by molar-refractivity contribution is 0.198. The Morgan fingerprint density at radius 2 is 0.929 bits per heavy atom. The second-order valence-electron chi connectivity index (χ2n) is 7.73. The van der Waals surface area contributed by atoms with Crippen LogP contribution in [0.25, 0.3) is 0 Å². The fourth-order valence-corrected chi connectivity index (χ4v) is 8.77. The topological polar surface area (TPSA) is 24.7 Å². The van der Waals surface area contributed by atoms with Crippen molar-refractivity contribution in [3.63, 3.8) is 0 Å². The minimum Gasteiger partial charge on any atom is -0.275 e. The molecule has 0 unspecified atom stereocenters. The summed E-state index contributed by atoms with van der Waals surface area (Å²) >= 11 is 16.3. The molecule has 2 nitrogen and oxygen atoms in total. The van der Waals surface area contributed by atoms with E-state index in [-0.39, 0.29) is 0 Å². The zero-order valence-corrected chi connectivity index (χ0v) is 21.4. The summed E-state index contributed by atoms with van der Waals surface area (Å²) in [7, 11) is 0. The molecule has 0 aromatic heterocycles. The lowest BCUT2D eigenvalue weighted by Gasteiger charge is -2.49. The summed E-state index contributed by atoms with van der Waals surface area (Å²) in [5.41, 5.74) is 3.46. The molecule has 0 radical (unpaired) electrons. The summed E-state index contributed by atoms with van der Waals surface area (Å²) in [6, 6.07) is 20.8. The van der Waals surface area contributed by atoms with Crippen molar-refractivity contribution < 1.29 is 0 Å². The first kappa shape index (κ1) is 19.7. The van der Waals surface area contributed by atoms with Gasteiger partial charge in [-0.05, 0) is 24.0 Å². The highest BCUT2D eigenvalue weighted by Crippen LogP contribution is 2.70. The van der Waals surface area contributed by atoms with Gasteiger partial charge in [0.05, 0.1) is 11.4 Å². The lowest BCUT2D eigenvalue weighted by atomic mass is 9.67. The maximum absolute atomic E-state index is 5.46. The van der Waals surface area contributed by atoms with E-state index in [2.05, 4.69) is 112 Å². The van der Waals surface area contributed by atoms with Crippen molar-refractivity contribution >= 4 is 75.1 Å². The molecule has 2 aromatic rings. The third-order valence-electron chi connectivity index (χ3n) is 6.34. The lowest BCUT2D eigenvalue weighted by Crippen LogP contribution is -2.63. The largest absolute Gasteiger partial charge is 0.275 e. The number of nitrogens with zero attached hydrogens (tertiary/aromatic N) is 2. The molecule has 0 amide bonds. The van der Waals surface area contributed by atoms with E-state index < -0.39 is 17.5 Å². The first-order valence-electron chi connectivity index (χ1n) is 9.43. The Morgan fingerprint density at radius 3 is 1.29 bits per heavy atom. The predicted octanol–water partition coefficient (Wildman–Crippen LogP) is 7.02. The predicted molar refractivity (Wildman–Crippen MR) is 131 cm³/mol. The van der Waals surface area contributed by atoms with Gasteiger partial charge in [-0.2, -0.15) is 0 Å². The first-order chi connectivity index (χ1) is 13.4. The molecular formula is C22H18Br4N2. The molecule has 5 rings (SSSR count). The SMILES string of the molecule is BrC1(Br)C(c2ccccc2)=N[C@@]23CCCC[C@@]12N=C(c1ccccc1)C3(Br)Br. The normalized spacial score (nSPS) is 32.3. The van der Waals surface area contributed by atoms with E-state index in [9.17, 15) is 0 Å². The Bertz CT molecular complexity index is 903. The molecule has 2 heterocycles. The molecule has 0 N–H and O–H groups in total. The van der Waals surface area contributed by atoms with Crippen molar-refractivity contribution in [2.24, 2.45) is 9.98 Å². The van der Waals surface area contributed by atoms with E-state index in [1.54, 1.807) is 0 Å². The Kier molecular flexibility index (Phi) is 4.63. The summed E-state index contributed by atoms with van der Waals surface area (Å²) in [4.78, 5) is 10.9. The second-order valence-corrected chi connectivity index (χ2v) is 14.6. The maximum Gasteiger partial charge on any atom is 0.150 e. The number of benzene rings is 2. The van der Waals surface area contributed by atoms with Crippen molar-refractivity contribution in [1.82, 2.24) is 0 Å². The zero-order chi connectivity index (χ0) is 19.6. The van der Waals surface area contributed by atoms with E-state index in [1.807, 2.05) is 12.1 Å². The highest BCUT2D eigenvalue weighted by molar-refractivity contribution is 9.26. The summed E-state index contributed by atoms with van der Waals surface area (Å²) in [6.45, 7) is 0. The maximum atomic E-state index is 5.46. The van der Waals surface area contributed by atoms with Crippen LogP contribution in [-0.4, -0.2) is 29.0 Å². The molecule has 1 aliphatic carbocycles.